The van der Waals surface area contributed by atoms with E-state index >= 15 is 0 Å². The molecule has 2 rings (SSSR count). The fourth-order valence-electron chi connectivity index (χ4n) is 2.32. The molecule has 0 bridgehead atoms. The van der Waals surface area contributed by atoms with E-state index in [1.165, 1.54) is 22.8 Å². The van der Waals surface area contributed by atoms with Gasteiger partial charge in [-0.05, 0) is 12.0 Å². The minimum absolute atomic E-state index is 0.0313. The molecule has 1 aromatic carbocycles. The summed E-state index contributed by atoms with van der Waals surface area (Å²) in [5.74, 6) is 5.60. The molecule has 0 aliphatic heterocycles. The number of nitro benzene ring substituents is 1. The van der Waals surface area contributed by atoms with Crippen molar-refractivity contribution in [2.75, 3.05) is 5.43 Å². The van der Waals surface area contributed by atoms with E-state index in [-0.39, 0.29) is 18.1 Å². The Morgan fingerprint density at radius 3 is 2.42 bits per heavy atom. The van der Waals surface area contributed by atoms with Crippen molar-refractivity contribution in [3.8, 4) is 0 Å². The topological polar surface area (TPSA) is 125 Å². The first-order valence-corrected chi connectivity index (χ1v) is 7.52. The number of anilines is 1. The number of nitro groups is 1. The SMILES string of the molecule is CCCCn1c(=O)cc(NN)n(Cc2ccc([N+](=O)[O-])cc2)c1=O. The maximum atomic E-state index is 12.6. The monoisotopic (exact) mass is 333 g/mol. The van der Waals surface area contributed by atoms with Crippen LogP contribution in [0.4, 0.5) is 11.5 Å². The third-order valence-electron chi connectivity index (χ3n) is 3.65. The molecule has 0 aliphatic carbocycles. The summed E-state index contributed by atoms with van der Waals surface area (Å²) in [6.45, 7) is 2.44. The summed E-state index contributed by atoms with van der Waals surface area (Å²) in [5, 5.41) is 10.7. The molecule has 0 fully saturated rings. The van der Waals surface area contributed by atoms with E-state index < -0.39 is 16.2 Å². The predicted molar refractivity (Wildman–Crippen MR) is 89.9 cm³/mol. The number of rotatable bonds is 7. The first-order chi connectivity index (χ1) is 11.5. The highest BCUT2D eigenvalue weighted by atomic mass is 16.6. The molecule has 0 amide bonds. The highest BCUT2D eigenvalue weighted by Crippen LogP contribution is 2.13. The lowest BCUT2D eigenvalue weighted by Gasteiger charge is -2.14. The van der Waals surface area contributed by atoms with Crippen LogP contribution in [-0.2, 0) is 13.1 Å². The zero-order valence-electron chi connectivity index (χ0n) is 13.3. The largest absolute Gasteiger partial charge is 0.332 e. The lowest BCUT2D eigenvalue weighted by molar-refractivity contribution is -0.384. The number of nitrogens with one attached hydrogen (secondary N) is 1. The van der Waals surface area contributed by atoms with Gasteiger partial charge in [0.2, 0.25) is 0 Å². The van der Waals surface area contributed by atoms with Gasteiger partial charge < -0.3 is 5.43 Å². The number of nitrogen functional groups attached to an aromatic ring is 1. The molecule has 24 heavy (non-hydrogen) atoms. The zero-order chi connectivity index (χ0) is 17.7. The summed E-state index contributed by atoms with van der Waals surface area (Å²) in [7, 11) is 0. The standard InChI is InChI=1S/C15H19N5O4/c1-2-3-8-18-14(21)9-13(17-16)19(15(18)22)10-11-4-6-12(7-5-11)20(23)24/h4-7,9,17H,2-3,8,10,16H2,1H3. The van der Waals surface area contributed by atoms with Gasteiger partial charge in [-0.15, -0.1) is 0 Å². The van der Waals surface area contributed by atoms with Crippen LogP contribution in [0.2, 0.25) is 0 Å². The second-order valence-electron chi connectivity index (χ2n) is 5.31. The number of benzene rings is 1. The molecular weight excluding hydrogens is 314 g/mol. The van der Waals surface area contributed by atoms with Crippen molar-refractivity contribution in [3.63, 3.8) is 0 Å². The first-order valence-electron chi connectivity index (χ1n) is 7.52. The lowest BCUT2D eigenvalue weighted by Crippen LogP contribution is -2.41. The van der Waals surface area contributed by atoms with Crippen molar-refractivity contribution in [1.82, 2.24) is 9.13 Å². The van der Waals surface area contributed by atoms with Crippen molar-refractivity contribution in [2.24, 2.45) is 5.84 Å². The Hall–Kier alpha value is -2.94. The van der Waals surface area contributed by atoms with Gasteiger partial charge in [0.05, 0.1) is 11.5 Å². The Kier molecular flexibility index (Phi) is 5.48. The molecule has 2 aromatic rings. The van der Waals surface area contributed by atoms with Crippen LogP contribution in [0.15, 0.2) is 39.9 Å². The molecule has 128 valence electrons. The van der Waals surface area contributed by atoms with E-state index in [1.54, 1.807) is 12.1 Å². The number of hydrogen-bond acceptors (Lipinski definition) is 6. The molecular formula is C15H19N5O4. The molecule has 0 aliphatic rings. The fourth-order valence-corrected chi connectivity index (χ4v) is 2.32. The second kappa shape index (κ2) is 7.55. The zero-order valence-corrected chi connectivity index (χ0v) is 13.3. The summed E-state index contributed by atoms with van der Waals surface area (Å²) < 4.78 is 2.49. The Morgan fingerprint density at radius 2 is 1.88 bits per heavy atom. The maximum absolute atomic E-state index is 12.6. The predicted octanol–water partition coefficient (Wildman–Crippen LogP) is 1.05. The molecule has 0 unspecified atom stereocenters. The highest BCUT2D eigenvalue weighted by Gasteiger charge is 2.12. The van der Waals surface area contributed by atoms with Gasteiger partial charge in [0.15, 0.2) is 0 Å². The molecule has 1 heterocycles. The molecule has 3 N–H and O–H groups in total. The van der Waals surface area contributed by atoms with E-state index in [0.29, 0.717) is 18.5 Å². The Bertz CT molecular complexity index is 838. The molecule has 0 saturated carbocycles. The Morgan fingerprint density at radius 1 is 1.21 bits per heavy atom. The number of non-ortho nitro benzene ring substituents is 1. The molecule has 0 atom stereocenters. The minimum Gasteiger partial charge on any atom is -0.310 e. The van der Waals surface area contributed by atoms with Crippen LogP contribution in [0, 0.1) is 10.1 Å². The highest BCUT2D eigenvalue weighted by molar-refractivity contribution is 5.36. The van der Waals surface area contributed by atoms with E-state index in [4.69, 9.17) is 5.84 Å². The van der Waals surface area contributed by atoms with Crippen molar-refractivity contribution < 1.29 is 4.92 Å². The lowest BCUT2D eigenvalue weighted by atomic mass is 10.2. The van der Waals surface area contributed by atoms with E-state index in [1.807, 2.05) is 6.92 Å². The molecule has 9 heteroatoms. The van der Waals surface area contributed by atoms with Crippen LogP contribution in [0.3, 0.4) is 0 Å². The Balaban J connectivity index is 2.42. The van der Waals surface area contributed by atoms with Gasteiger partial charge in [-0.2, -0.15) is 0 Å². The van der Waals surface area contributed by atoms with Gasteiger partial charge in [0, 0.05) is 24.7 Å². The van der Waals surface area contributed by atoms with Crippen molar-refractivity contribution in [3.05, 3.63) is 66.8 Å². The second-order valence-corrected chi connectivity index (χ2v) is 5.31. The van der Waals surface area contributed by atoms with Crippen LogP contribution in [0.5, 0.6) is 0 Å². The van der Waals surface area contributed by atoms with E-state index in [9.17, 15) is 19.7 Å². The smallest absolute Gasteiger partial charge is 0.310 e. The molecule has 0 spiro atoms. The normalized spacial score (nSPS) is 10.6. The number of nitrogens with two attached hydrogens (primary N) is 1. The van der Waals surface area contributed by atoms with Gasteiger partial charge in [-0.3, -0.25) is 24.0 Å². The average Bonchev–Trinajstić information content (AvgIpc) is 2.57. The maximum Gasteiger partial charge on any atom is 0.332 e. The third-order valence-corrected chi connectivity index (χ3v) is 3.65. The van der Waals surface area contributed by atoms with E-state index in [2.05, 4.69) is 5.43 Å². The fraction of sp³-hybridized carbons (Fsp3) is 0.333. The summed E-state index contributed by atoms with van der Waals surface area (Å²) in [4.78, 5) is 34.8. The first kappa shape index (κ1) is 17.4. The number of nitrogens with zero attached hydrogens (tertiary/aromatic N) is 3. The number of hydrazine groups is 1. The number of aromatic nitrogens is 2. The van der Waals surface area contributed by atoms with Crippen LogP contribution in [-0.4, -0.2) is 14.1 Å². The summed E-state index contributed by atoms with van der Waals surface area (Å²) in [6, 6.07) is 7.12. The molecule has 0 saturated heterocycles. The van der Waals surface area contributed by atoms with Gasteiger partial charge in [-0.1, -0.05) is 25.5 Å². The molecule has 1 aromatic heterocycles. The van der Waals surface area contributed by atoms with Crippen molar-refractivity contribution in [2.45, 2.75) is 32.9 Å². The van der Waals surface area contributed by atoms with Gasteiger partial charge >= 0.3 is 5.69 Å². The quantitative estimate of drug-likeness (QED) is 0.443. The van der Waals surface area contributed by atoms with E-state index in [0.717, 1.165) is 11.0 Å². The number of hydrogen-bond donors (Lipinski definition) is 2. The molecule has 0 radical (unpaired) electrons. The van der Waals surface area contributed by atoms with Crippen LogP contribution in [0.1, 0.15) is 25.3 Å². The third kappa shape index (κ3) is 3.69. The summed E-state index contributed by atoms with van der Waals surface area (Å²) in [6.07, 6.45) is 1.56. The van der Waals surface area contributed by atoms with Crippen molar-refractivity contribution in [1.29, 1.82) is 0 Å². The number of unbranched alkanes of at least 4 members (excludes halogenated alkanes) is 1. The van der Waals surface area contributed by atoms with Crippen LogP contribution >= 0.6 is 0 Å². The molecule has 9 nitrogen and oxygen atoms in total. The Labute approximate surface area is 137 Å². The van der Waals surface area contributed by atoms with Gasteiger partial charge in [-0.25, -0.2) is 10.6 Å². The summed E-state index contributed by atoms with van der Waals surface area (Å²) in [5.41, 5.74) is 2.12. The van der Waals surface area contributed by atoms with Gasteiger partial charge in [0.1, 0.15) is 5.82 Å². The van der Waals surface area contributed by atoms with Crippen molar-refractivity contribution >= 4 is 11.5 Å². The van der Waals surface area contributed by atoms with Gasteiger partial charge in [0.25, 0.3) is 11.2 Å². The minimum atomic E-state index is -0.492. The van der Waals surface area contributed by atoms with Crippen LogP contribution in [0.25, 0.3) is 0 Å². The van der Waals surface area contributed by atoms with Crippen LogP contribution < -0.4 is 22.5 Å². The average molecular weight is 333 g/mol. The summed E-state index contributed by atoms with van der Waals surface area (Å²) >= 11 is 0.